The highest BCUT2D eigenvalue weighted by Gasteiger charge is 2.23. The molecule has 0 bridgehead atoms. The maximum Gasteiger partial charge on any atom is 0.226 e. The highest BCUT2D eigenvalue weighted by atomic mass is 16.3. The van der Waals surface area contributed by atoms with Crippen LogP contribution in [-0.2, 0) is 24.4 Å². The molecule has 0 unspecified atom stereocenters. The smallest absolute Gasteiger partial charge is 0.226 e. The monoisotopic (exact) mass is 330 g/mol. The molecule has 1 aromatic heterocycles. The van der Waals surface area contributed by atoms with Crippen LogP contribution in [-0.4, -0.2) is 49.1 Å². The van der Waals surface area contributed by atoms with E-state index in [1.807, 2.05) is 4.90 Å². The molecule has 0 spiro atoms. The average Bonchev–Trinajstić information content (AvgIpc) is 3.05. The van der Waals surface area contributed by atoms with Crippen LogP contribution in [0.15, 0.2) is 30.5 Å². The minimum atomic E-state index is -0.0930. The lowest BCUT2D eigenvalue weighted by Crippen LogP contribution is -2.40. The molecule has 0 aliphatic carbocycles. The van der Waals surface area contributed by atoms with E-state index < -0.39 is 0 Å². The number of carbonyl (C=O) groups is 1. The van der Waals surface area contributed by atoms with Gasteiger partial charge in [0.05, 0.1) is 19.2 Å². The fourth-order valence-corrected chi connectivity index (χ4v) is 3.03. The van der Waals surface area contributed by atoms with E-state index in [1.54, 1.807) is 35.1 Å². The van der Waals surface area contributed by atoms with Gasteiger partial charge in [-0.15, -0.1) is 5.10 Å². The van der Waals surface area contributed by atoms with Gasteiger partial charge >= 0.3 is 0 Å². The number of phenols is 1. The third kappa shape index (κ3) is 4.11. The zero-order chi connectivity index (χ0) is 16.9. The molecule has 0 radical (unpaired) electrons. The zero-order valence-electron chi connectivity index (χ0n) is 13.5. The SMILES string of the molecule is O=C(Cc1ccc(O)cc1)N1CCC(Cn2cc(CO)nn2)CC1. The predicted molar refractivity (Wildman–Crippen MR) is 87.1 cm³/mol. The molecule has 1 aromatic carbocycles. The summed E-state index contributed by atoms with van der Waals surface area (Å²) in [6.45, 7) is 2.18. The number of aliphatic hydroxyl groups is 1. The summed E-state index contributed by atoms with van der Waals surface area (Å²) >= 11 is 0. The van der Waals surface area contributed by atoms with E-state index in [0.717, 1.165) is 38.0 Å². The number of amides is 1. The van der Waals surface area contributed by atoms with Gasteiger partial charge in [-0.2, -0.15) is 0 Å². The molecule has 1 fully saturated rings. The van der Waals surface area contributed by atoms with Gasteiger partial charge in [0, 0.05) is 19.6 Å². The van der Waals surface area contributed by atoms with Gasteiger partial charge in [0.15, 0.2) is 0 Å². The Kier molecular flexibility index (Phi) is 5.10. The fourth-order valence-electron chi connectivity index (χ4n) is 3.03. The van der Waals surface area contributed by atoms with Gasteiger partial charge in [-0.1, -0.05) is 17.3 Å². The van der Waals surface area contributed by atoms with Crippen LogP contribution < -0.4 is 0 Å². The average molecular weight is 330 g/mol. The van der Waals surface area contributed by atoms with Crippen molar-refractivity contribution in [1.29, 1.82) is 0 Å². The van der Waals surface area contributed by atoms with Gasteiger partial charge in [-0.3, -0.25) is 9.48 Å². The lowest BCUT2D eigenvalue weighted by molar-refractivity contribution is -0.131. The summed E-state index contributed by atoms with van der Waals surface area (Å²) in [5.74, 6) is 0.808. The van der Waals surface area contributed by atoms with Crippen LogP contribution in [0.1, 0.15) is 24.1 Å². The van der Waals surface area contributed by atoms with E-state index in [-0.39, 0.29) is 18.3 Å². The number of aromatic hydroxyl groups is 1. The van der Waals surface area contributed by atoms with Crippen LogP contribution in [0.5, 0.6) is 5.75 Å². The quantitative estimate of drug-likeness (QED) is 0.852. The standard InChI is InChI=1S/C17H22N4O3/c22-12-15-11-21(19-18-15)10-14-5-7-20(8-6-14)17(24)9-13-1-3-16(23)4-2-13/h1-4,11,14,22-23H,5-10,12H2. The fraction of sp³-hybridized carbons (Fsp3) is 0.471. The number of benzene rings is 1. The third-order valence-corrected chi connectivity index (χ3v) is 4.45. The molecule has 24 heavy (non-hydrogen) atoms. The molecular formula is C17H22N4O3. The molecule has 128 valence electrons. The van der Waals surface area contributed by atoms with E-state index in [4.69, 9.17) is 5.11 Å². The van der Waals surface area contributed by atoms with Crippen molar-refractivity contribution < 1.29 is 15.0 Å². The summed E-state index contributed by atoms with van der Waals surface area (Å²) < 4.78 is 1.77. The highest BCUT2D eigenvalue weighted by molar-refractivity contribution is 5.78. The molecule has 1 saturated heterocycles. The summed E-state index contributed by atoms with van der Waals surface area (Å²) in [6, 6.07) is 6.77. The molecule has 3 rings (SSSR count). The number of likely N-dealkylation sites (tertiary alicyclic amines) is 1. The topological polar surface area (TPSA) is 91.5 Å². The number of nitrogens with zero attached hydrogens (tertiary/aromatic N) is 4. The molecule has 1 amide bonds. The van der Waals surface area contributed by atoms with Gasteiger partial charge in [0.1, 0.15) is 11.4 Å². The molecule has 2 N–H and O–H groups in total. The van der Waals surface area contributed by atoms with Crippen LogP contribution in [0, 0.1) is 5.92 Å². The van der Waals surface area contributed by atoms with Crippen molar-refractivity contribution >= 4 is 5.91 Å². The molecular weight excluding hydrogens is 308 g/mol. The van der Waals surface area contributed by atoms with Gasteiger partial charge in [-0.25, -0.2) is 0 Å². The second-order valence-electron chi connectivity index (χ2n) is 6.26. The molecule has 7 heteroatoms. The van der Waals surface area contributed by atoms with Gasteiger partial charge in [0.2, 0.25) is 5.91 Å². The van der Waals surface area contributed by atoms with Crippen molar-refractivity contribution in [3.8, 4) is 5.75 Å². The maximum atomic E-state index is 12.4. The molecule has 2 aromatic rings. The predicted octanol–water partition coefficient (Wildman–Crippen LogP) is 0.957. The Balaban J connectivity index is 1.47. The Bertz CT molecular complexity index is 675. The molecule has 0 atom stereocenters. The largest absolute Gasteiger partial charge is 0.508 e. The highest BCUT2D eigenvalue weighted by Crippen LogP contribution is 2.20. The van der Waals surface area contributed by atoms with Crippen LogP contribution in [0.25, 0.3) is 0 Å². The lowest BCUT2D eigenvalue weighted by atomic mass is 9.96. The normalized spacial score (nSPS) is 15.6. The van der Waals surface area contributed by atoms with E-state index in [1.165, 1.54) is 0 Å². The number of hydrogen-bond acceptors (Lipinski definition) is 5. The number of rotatable bonds is 5. The van der Waals surface area contributed by atoms with E-state index in [2.05, 4.69) is 10.3 Å². The Morgan fingerprint density at radius 1 is 1.21 bits per heavy atom. The summed E-state index contributed by atoms with van der Waals surface area (Å²) in [5.41, 5.74) is 1.50. The molecule has 7 nitrogen and oxygen atoms in total. The first-order valence-corrected chi connectivity index (χ1v) is 8.19. The van der Waals surface area contributed by atoms with Gasteiger partial charge < -0.3 is 15.1 Å². The second kappa shape index (κ2) is 7.44. The van der Waals surface area contributed by atoms with E-state index in [0.29, 0.717) is 18.0 Å². The first-order chi connectivity index (χ1) is 11.6. The van der Waals surface area contributed by atoms with Crippen molar-refractivity contribution in [2.75, 3.05) is 13.1 Å². The Morgan fingerprint density at radius 3 is 2.54 bits per heavy atom. The summed E-state index contributed by atoms with van der Waals surface area (Å²) in [7, 11) is 0. The van der Waals surface area contributed by atoms with Crippen molar-refractivity contribution in [2.24, 2.45) is 5.92 Å². The van der Waals surface area contributed by atoms with E-state index >= 15 is 0 Å². The van der Waals surface area contributed by atoms with Crippen LogP contribution in [0.2, 0.25) is 0 Å². The van der Waals surface area contributed by atoms with Crippen molar-refractivity contribution in [3.05, 3.63) is 41.7 Å². The number of hydrogen-bond donors (Lipinski definition) is 2. The number of piperidine rings is 1. The Morgan fingerprint density at radius 2 is 1.92 bits per heavy atom. The minimum Gasteiger partial charge on any atom is -0.508 e. The number of aliphatic hydroxyl groups excluding tert-OH is 1. The first kappa shape index (κ1) is 16.4. The zero-order valence-corrected chi connectivity index (χ0v) is 13.5. The molecule has 1 aliphatic heterocycles. The van der Waals surface area contributed by atoms with Crippen LogP contribution >= 0.6 is 0 Å². The van der Waals surface area contributed by atoms with Crippen LogP contribution in [0.4, 0.5) is 0 Å². The van der Waals surface area contributed by atoms with Crippen molar-refractivity contribution in [1.82, 2.24) is 19.9 Å². The van der Waals surface area contributed by atoms with Gasteiger partial charge in [0.25, 0.3) is 0 Å². The summed E-state index contributed by atoms with van der Waals surface area (Å²) in [5, 5.41) is 26.2. The Labute approximate surface area is 140 Å². The molecule has 0 saturated carbocycles. The maximum absolute atomic E-state index is 12.4. The molecule has 1 aliphatic rings. The second-order valence-corrected chi connectivity index (χ2v) is 6.26. The Hall–Kier alpha value is -2.41. The van der Waals surface area contributed by atoms with Gasteiger partial charge in [-0.05, 0) is 36.5 Å². The lowest BCUT2D eigenvalue weighted by Gasteiger charge is -2.32. The van der Waals surface area contributed by atoms with E-state index in [9.17, 15) is 9.90 Å². The van der Waals surface area contributed by atoms with Crippen molar-refractivity contribution in [3.63, 3.8) is 0 Å². The number of phenolic OH excluding ortho intramolecular Hbond substituents is 1. The van der Waals surface area contributed by atoms with Crippen LogP contribution in [0.3, 0.4) is 0 Å². The first-order valence-electron chi connectivity index (χ1n) is 8.19. The summed E-state index contributed by atoms with van der Waals surface area (Å²) in [4.78, 5) is 14.3. The molecule has 2 heterocycles. The number of aromatic nitrogens is 3. The minimum absolute atomic E-state index is 0.0930. The summed E-state index contributed by atoms with van der Waals surface area (Å²) in [6.07, 6.45) is 4.02. The van der Waals surface area contributed by atoms with Crippen molar-refractivity contribution in [2.45, 2.75) is 32.4 Å². The number of carbonyl (C=O) groups excluding carboxylic acids is 1. The third-order valence-electron chi connectivity index (χ3n) is 4.45.